The SMILES string of the molecule is CC(C)OC(c1ccccc1)c1ccc(N)cc1. The quantitative estimate of drug-likeness (QED) is 0.827. The minimum absolute atomic E-state index is 0.0354. The van der Waals surface area contributed by atoms with E-state index in [9.17, 15) is 0 Å². The van der Waals surface area contributed by atoms with Crippen molar-refractivity contribution in [2.24, 2.45) is 0 Å². The van der Waals surface area contributed by atoms with Crippen molar-refractivity contribution in [3.8, 4) is 0 Å². The Hall–Kier alpha value is -1.80. The standard InChI is InChI=1S/C16H19NO/c1-12(2)18-16(13-6-4-3-5-7-13)14-8-10-15(17)11-9-14/h3-12,16H,17H2,1-2H3. The second-order valence-corrected chi connectivity index (χ2v) is 4.64. The van der Waals surface area contributed by atoms with E-state index in [0.717, 1.165) is 16.8 Å². The maximum absolute atomic E-state index is 6.02. The Morgan fingerprint density at radius 1 is 0.833 bits per heavy atom. The summed E-state index contributed by atoms with van der Waals surface area (Å²) >= 11 is 0. The van der Waals surface area contributed by atoms with Gasteiger partial charge in [-0.2, -0.15) is 0 Å². The van der Waals surface area contributed by atoms with E-state index in [1.807, 2.05) is 56.3 Å². The lowest BCUT2D eigenvalue weighted by atomic mass is 10.0. The first kappa shape index (κ1) is 12.7. The average molecular weight is 241 g/mol. The Bertz CT molecular complexity index is 476. The molecule has 94 valence electrons. The zero-order chi connectivity index (χ0) is 13.0. The highest BCUT2D eigenvalue weighted by Crippen LogP contribution is 2.27. The lowest BCUT2D eigenvalue weighted by Crippen LogP contribution is -2.12. The van der Waals surface area contributed by atoms with Crippen LogP contribution in [0.25, 0.3) is 0 Å². The Kier molecular flexibility index (Phi) is 4.00. The molecule has 0 aromatic heterocycles. The molecule has 2 nitrogen and oxygen atoms in total. The highest BCUT2D eigenvalue weighted by molar-refractivity contribution is 5.41. The first-order valence-corrected chi connectivity index (χ1v) is 6.22. The van der Waals surface area contributed by atoms with Crippen LogP contribution in [0.4, 0.5) is 5.69 Å². The second-order valence-electron chi connectivity index (χ2n) is 4.64. The topological polar surface area (TPSA) is 35.2 Å². The Balaban J connectivity index is 2.33. The molecule has 0 spiro atoms. The van der Waals surface area contributed by atoms with Crippen LogP contribution in [0.1, 0.15) is 31.1 Å². The van der Waals surface area contributed by atoms with E-state index in [2.05, 4.69) is 12.1 Å². The molecule has 1 unspecified atom stereocenters. The third-order valence-electron chi connectivity index (χ3n) is 2.75. The molecule has 0 aliphatic rings. The van der Waals surface area contributed by atoms with Gasteiger partial charge >= 0.3 is 0 Å². The fraction of sp³-hybridized carbons (Fsp3) is 0.250. The fourth-order valence-electron chi connectivity index (χ4n) is 1.92. The molecular weight excluding hydrogens is 222 g/mol. The molecule has 2 rings (SSSR count). The Morgan fingerprint density at radius 3 is 1.94 bits per heavy atom. The summed E-state index contributed by atoms with van der Waals surface area (Å²) in [5, 5.41) is 0. The summed E-state index contributed by atoms with van der Waals surface area (Å²) in [6, 6.07) is 18.1. The summed E-state index contributed by atoms with van der Waals surface area (Å²) in [6.45, 7) is 4.10. The molecule has 0 fully saturated rings. The molecule has 2 N–H and O–H groups in total. The van der Waals surface area contributed by atoms with Crippen LogP contribution in [-0.2, 0) is 4.74 Å². The predicted molar refractivity (Wildman–Crippen MR) is 75.4 cm³/mol. The van der Waals surface area contributed by atoms with Crippen molar-refractivity contribution in [2.45, 2.75) is 26.1 Å². The predicted octanol–water partition coefficient (Wildman–Crippen LogP) is 3.78. The lowest BCUT2D eigenvalue weighted by molar-refractivity contribution is 0.0304. The molecule has 2 heteroatoms. The van der Waals surface area contributed by atoms with Crippen LogP contribution in [-0.4, -0.2) is 6.10 Å². The van der Waals surface area contributed by atoms with Crippen LogP contribution in [0.3, 0.4) is 0 Å². The summed E-state index contributed by atoms with van der Waals surface area (Å²) < 4.78 is 6.02. The largest absolute Gasteiger partial charge is 0.399 e. The highest BCUT2D eigenvalue weighted by Gasteiger charge is 2.15. The van der Waals surface area contributed by atoms with E-state index >= 15 is 0 Å². The molecule has 0 aliphatic heterocycles. The first-order valence-electron chi connectivity index (χ1n) is 6.22. The van der Waals surface area contributed by atoms with Crippen molar-refractivity contribution in [2.75, 3.05) is 5.73 Å². The summed E-state index contributed by atoms with van der Waals surface area (Å²) in [5.74, 6) is 0. The van der Waals surface area contributed by atoms with Gasteiger partial charge in [0.1, 0.15) is 6.10 Å². The maximum Gasteiger partial charge on any atom is 0.108 e. The third-order valence-corrected chi connectivity index (χ3v) is 2.75. The average Bonchev–Trinajstić information content (AvgIpc) is 2.38. The molecule has 0 bridgehead atoms. The van der Waals surface area contributed by atoms with Crippen LogP contribution in [0.2, 0.25) is 0 Å². The molecule has 0 saturated carbocycles. The first-order chi connectivity index (χ1) is 8.66. The number of ether oxygens (including phenoxy) is 1. The molecular formula is C16H19NO. The number of rotatable bonds is 4. The fourth-order valence-corrected chi connectivity index (χ4v) is 1.92. The number of anilines is 1. The number of nitrogen functional groups attached to an aromatic ring is 1. The highest BCUT2D eigenvalue weighted by atomic mass is 16.5. The smallest absolute Gasteiger partial charge is 0.108 e. The van der Waals surface area contributed by atoms with Crippen LogP contribution in [0, 0.1) is 0 Å². The summed E-state index contributed by atoms with van der Waals surface area (Å²) in [6.07, 6.45) is 0.138. The van der Waals surface area contributed by atoms with Gasteiger partial charge in [0, 0.05) is 5.69 Å². The summed E-state index contributed by atoms with van der Waals surface area (Å²) in [5.41, 5.74) is 8.79. The molecule has 0 radical (unpaired) electrons. The van der Waals surface area contributed by atoms with Gasteiger partial charge in [0.25, 0.3) is 0 Å². The number of hydrogen-bond acceptors (Lipinski definition) is 2. The second kappa shape index (κ2) is 5.69. The van der Waals surface area contributed by atoms with E-state index < -0.39 is 0 Å². The van der Waals surface area contributed by atoms with Crippen molar-refractivity contribution in [1.29, 1.82) is 0 Å². The van der Waals surface area contributed by atoms with Crippen molar-refractivity contribution in [3.05, 3.63) is 65.7 Å². The van der Waals surface area contributed by atoms with Gasteiger partial charge in [-0.15, -0.1) is 0 Å². The Morgan fingerprint density at radius 2 is 1.39 bits per heavy atom. The zero-order valence-electron chi connectivity index (χ0n) is 10.8. The minimum Gasteiger partial charge on any atom is -0.399 e. The lowest BCUT2D eigenvalue weighted by Gasteiger charge is -2.21. The van der Waals surface area contributed by atoms with Crippen molar-refractivity contribution < 1.29 is 4.74 Å². The monoisotopic (exact) mass is 241 g/mol. The van der Waals surface area contributed by atoms with Crippen LogP contribution in [0.5, 0.6) is 0 Å². The normalized spacial score (nSPS) is 12.6. The van der Waals surface area contributed by atoms with E-state index in [1.54, 1.807) is 0 Å². The molecule has 0 heterocycles. The summed E-state index contributed by atoms with van der Waals surface area (Å²) in [7, 11) is 0. The van der Waals surface area contributed by atoms with Crippen molar-refractivity contribution in [3.63, 3.8) is 0 Å². The molecule has 2 aromatic carbocycles. The van der Waals surface area contributed by atoms with Crippen LogP contribution in [0.15, 0.2) is 54.6 Å². The van der Waals surface area contributed by atoms with Gasteiger partial charge < -0.3 is 10.5 Å². The van der Waals surface area contributed by atoms with Crippen LogP contribution >= 0.6 is 0 Å². The van der Waals surface area contributed by atoms with Crippen molar-refractivity contribution >= 4 is 5.69 Å². The third kappa shape index (κ3) is 3.11. The van der Waals surface area contributed by atoms with E-state index in [0.29, 0.717) is 0 Å². The number of benzene rings is 2. The van der Waals surface area contributed by atoms with Gasteiger partial charge in [0.2, 0.25) is 0 Å². The minimum atomic E-state index is -0.0354. The van der Waals surface area contributed by atoms with Gasteiger partial charge in [0.05, 0.1) is 6.10 Å². The van der Waals surface area contributed by atoms with Crippen LogP contribution < -0.4 is 5.73 Å². The van der Waals surface area contributed by atoms with Gasteiger partial charge in [-0.1, -0.05) is 42.5 Å². The van der Waals surface area contributed by atoms with Gasteiger partial charge in [-0.3, -0.25) is 0 Å². The zero-order valence-corrected chi connectivity index (χ0v) is 10.8. The molecule has 0 amide bonds. The van der Waals surface area contributed by atoms with E-state index in [-0.39, 0.29) is 12.2 Å². The van der Waals surface area contributed by atoms with Gasteiger partial charge in [-0.05, 0) is 37.1 Å². The molecule has 1 atom stereocenters. The van der Waals surface area contributed by atoms with Gasteiger partial charge in [-0.25, -0.2) is 0 Å². The Labute approximate surface area is 108 Å². The molecule has 18 heavy (non-hydrogen) atoms. The van der Waals surface area contributed by atoms with E-state index in [1.165, 1.54) is 0 Å². The van der Waals surface area contributed by atoms with Gasteiger partial charge in [0.15, 0.2) is 0 Å². The molecule has 0 aliphatic carbocycles. The molecule has 0 saturated heterocycles. The number of hydrogen-bond donors (Lipinski definition) is 1. The molecule has 2 aromatic rings. The van der Waals surface area contributed by atoms with Crippen molar-refractivity contribution in [1.82, 2.24) is 0 Å². The summed E-state index contributed by atoms with van der Waals surface area (Å²) in [4.78, 5) is 0. The van der Waals surface area contributed by atoms with E-state index in [4.69, 9.17) is 10.5 Å². The maximum atomic E-state index is 6.02. The number of nitrogens with two attached hydrogens (primary N) is 1.